The van der Waals surface area contributed by atoms with Crippen LogP contribution < -0.4 is 5.32 Å². The predicted octanol–water partition coefficient (Wildman–Crippen LogP) is 2.06. The molecule has 0 aromatic carbocycles. The van der Waals surface area contributed by atoms with Gasteiger partial charge < -0.3 is 14.6 Å². The summed E-state index contributed by atoms with van der Waals surface area (Å²) in [5.41, 5.74) is -0.0407. The van der Waals surface area contributed by atoms with Gasteiger partial charge in [-0.1, -0.05) is 0 Å². The van der Waals surface area contributed by atoms with Gasteiger partial charge in [-0.25, -0.2) is 9.78 Å². The van der Waals surface area contributed by atoms with Crippen molar-refractivity contribution in [2.45, 2.75) is 45.8 Å². The Morgan fingerprint density at radius 2 is 2.26 bits per heavy atom. The van der Waals surface area contributed by atoms with Gasteiger partial charge >= 0.3 is 6.09 Å². The van der Waals surface area contributed by atoms with Crippen molar-refractivity contribution in [3.05, 3.63) is 18.2 Å². The van der Waals surface area contributed by atoms with Crippen LogP contribution in [0, 0.1) is 11.3 Å². The van der Waals surface area contributed by atoms with E-state index in [1.54, 1.807) is 12.5 Å². The van der Waals surface area contributed by atoms with Crippen molar-refractivity contribution < 1.29 is 9.53 Å². The van der Waals surface area contributed by atoms with Gasteiger partial charge in [-0.05, 0) is 33.6 Å². The molecule has 0 unspecified atom stereocenters. The number of carbonyl (C=O) groups is 1. The summed E-state index contributed by atoms with van der Waals surface area (Å²) in [6.07, 6.45) is 4.71. The molecule has 0 saturated heterocycles. The molecular weight excluding hydrogens is 244 g/mol. The highest BCUT2D eigenvalue weighted by Crippen LogP contribution is 2.06. The molecule has 0 aliphatic carbocycles. The highest BCUT2D eigenvalue weighted by atomic mass is 16.6. The van der Waals surface area contributed by atoms with E-state index in [1.807, 2.05) is 31.4 Å². The number of aryl methyl sites for hydroxylation is 1. The fraction of sp³-hybridized carbons (Fsp3) is 0.615. The Morgan fingerprint density at radius 3 is 2.84 bits per heavy atom. The number of unbranched alkanes of at least 4 members (excludes halogenated alkanes) is 1. The van der Waals surface area contributed by atoms with Gasteiger partial charge in [0.2, 0.25) is 0 Å². The minimum Gasteiger partial charge on any atom is -0.444 e. The zero-order valence-corrected chi connectivity index (χ0v) is 11.6. The molecule has 104 valence electrons. The van der Waals surface area contributed by atoms with E-state index >= 15 is 0 Å². The largest absolute Gasteiger partial charge is 0.444 e. The number of imidazole rings is 1. The molecule has 0 saturated carbocycles. The van der Waals surface area contributed by atoms with Crippen molar-refractivity contribution in [3.63, 3.8) is 0 Å². The summed E-state index contributed by atoms with van der Waals surface area (Å²) in [7, 11) is 0. The number of hydrogen-bond acceptors (Lipinski definition) is 4. The van der Waals surface area contributed by atoms with Crippen LogP contribution in [0.3, 0.4) is 0 Å². The number of nitriles is 1. The molecule has 1 heterocycles. The Bertz CT molecular complexity index is 454. The molecule has 0 fully saturated rings. The first-order chi connectivity index (χ1) is 8.90. The van der Waals surface area contributed by atoms with Crippen molar-refractivity contribution in [2.24, 2.45) is 0 Å². The van der Waals surface area contributed by atoms with Crippen LogP contribution in [0.2, 0.25) is 0 Å². The maximum atomic E-state index is 11.3. The predicted molar refractivity (Wildman–Crippen MR) is 70.4 cm³/mol. The molecule has 0 spiro atoms. The Hall–Kier alpha value is -2.03. The van der Waals surface area contributed by atoms with Crippen LogP contribution in [0.4, 0.5) is 4.79 Å². The number of nitrogens with zero attached hydrogens (tertiary/aromatic N) is 3. The second kappa shape index (κ2) is 6.78. The Kier molecular flexibility index (Phi) is 5.37. The third-order valence-corrected chi connectivity index (χ3v) is 2.26. The summed E-state index contributed by atoms with van der Waals surface area (Å²) in [4.78, 5) is 15.3. The van der Waals surface area contributed by atoms with Gasteiger partial charge in [0, 0.05) is 19.3 Å². The maximum absolute atomic E-state index is 11.3. The fourth-order valence-electron chi connectivity index (χ4n) is 1.46. The van der Waals surface area contributed by atoms with Crippen molar-refractivity contribution >= 4 is 6.09 Å². The van der Waals surface area contributed by atoms with E-state index in [2.05, 4.69) is 10.3 Å². The van der Waals surface area contributed by atoms with Gasteiger partial charge in [0.1, 0.15) is 11.7 Å². The quantitative estimate of drug-likeness (QED) is 0.825. The zero-order chi connectivity index (χ0) is 14.3. The van der Waals surface area contributed by atoms with Crippen LogP contribution in [0.25, 0.3) is 0 Å². The lowest BCUT2D eigenvalue weighted by molar-refractivity contribution is 0.0527. The van der Waals surface area contributed by atoms with E-state index in [4.69, 9.17) is 10.00 Å². The first-order valence-corrected chi connectivity index (χ1v) is 6.29. The number of alkyl carbamates (subject to hydrolysis) is 1. The van der Waals surface area contributed by atoms with Crippen molar-refractivity contribution in [3.8, 4) is 6.07 Å². The molecule has 1 rings (SSSR count). The summed E-state index contributed by atoms with van der Waals surface area (Å²) in [6.45, 7) is 6.86. The first kappa shape index (κ1) is 15.0. The van der Waals surface area contributed by atoms with E-state index in [0.717, 1.165) is 19.4 Å². The van der Waals surface area contributed by atoms with Crippen molar-refractivity contribution in [1.82, 2.24) is 14.9 Å². The average molecular weight is 264 g/mol. The lowest BCUT2D eigenvalue weighted by atomic mass is 10.2. The normalized spacial score (nSPS) is 10.8. The van der Waals surface area contributed by atoms with Crippen molar-refractivity contribution in [2.75, 3.05) is 6.54 Å². The number of ether oxygens (including phenoxy) is 1. The van der Waals surface area contributed by atoms with Crippen molar-refractivity contribution in [1.29, 1.82) is 5.26 Å². The first-order valence-electron chi connectivity index (χ1n) is 6.29. The molecule has 1 aromatic heterocycles. The lowest BCUT2D eigenvalue weighted by Crippen LogP contribution is -2.33. The average Bonchev–Trinajstić information content (AvgIpc) is 2.74. The standard InChI is InChI=1S/C13H20N4O2/c1-13(2,3)19-12(18)15-6-4-5-7-17-9-11(8-14)16-10-17/h9-10H,4-7H2,1-3H3,(H,15,18). The minimum absolute atomic E-state index is 0.387. The third kappa shape index (κ3) is 6.46. The molecular formula is C13H20N4O2. The molecule has 0 radical (unpaired) electrons. The molecule has 6 heteroatoms. The number of amides is 1. The van der Waals surface area contributed by atoms with Crippen LogP contribution in [-0.4, -0.2) is 27.8 Å². The third-order valence-electron chi connectivity index (χ3n) is 2.26. The summed E-state index contributed by atoms with van der Waals surface area (Å²) in [5.74, 6) is 0. The van der Waals surface area contributed by atoms with E-state index < -0.39 is 5.60 Å². The van der Waals surface area contributed by atoms with E-state index in [-0.39, 0.29) is 6.09 Å². The highest BCUT2D eigenvalue weighted by Gasteiger charge is 2.15. The highest BCUT2D eigenvalue weighted by molar-refractivity contribution is 5.67. The second-order valence-electron chi connectivity index (χ2n) is 5.24. The molecule has 6 nitrogen and oxygen atoms in total. The molecule has 0 aliphatic rings. The van der Waals surface area contributed by atoms with E-state index in [9.17, 15) is 4.79 Å². The van der Waals surface area contributed by atoms with Gasteiger partial charge in [0.25, 0.3) is 0 Å². The number of nitrogens with one attached hydrogen (secondary N) is 1. The monoisotopic (exact) mass is 264 g/mol. The number of aromatic nitrogens is 2. The van der Waals surface area contributed by atoms with E-state index in [0.29, 0.717) is 12.2 Å². The number of rotatable bonds is 5. The van der Waals surface area contributed by atoms with Gasteiger partial charge in [0.15, 0.2) is 5.69 Å². The maximum Gasteiger partial charge on any atom is 0.407 e. The molecule has 0 bridgehead atoms. The summed E-state index contributed by atoms with van der Waals surface area (Å²) in [5, 5.41) is 11.3. The van der Waals surface area contributed by atoms with Crippen LogP contribution in [-0.2, 0) is 11.3 Å². The molecule has 19 heavy (non-hydrogen) atoms. The molecule has 1 aromatic rings. The Balaban J connectivity index is 2.11. The fourth-order valence-corrected chi connectivity index (χ4v) is 1.46. The molecule has 1 amide bonds. The van der Waals surface area contributed by atoms with Crippen LogP contribution in [0.15, 0.2) is 12.5 Å². The summed E-state index contributed by atoms with van der Waals surface area (Å²) in [6, 6.07) is 1.98. The number of carbonyl (C=O) groups excluding carboxylic acids is 1. The van der Waals surface area contributed by atoms with Crippen LogP contribution >= 0.6 is 0 Å². The summed E-state index contributed by atoms with van der Waals surface area (Å²) >= 11 is 0. The molecule has 1 N–H and O–H groups in total. The van der Waals surface area contributed by atoms with Gasteiger partial charge in [-0.2, -0.15) is 5.26 Å². The summed E-state index contributed by atoms with van der Waals surface area (Å²) < 4.78 is 6.99. The number of hydrogen-bond donors (Lipinski definition) is 1. The minimum atomic E-state index is -0.464. The van der Waals surface area contributed by atoms with E-state index in [1.165, 1.54) is 0 Å². The lowest BCUT2D eigenvalue weighted by Gasteiger charge is -2.19. The smallest absolute Gasteiger partial charge is 0.407 e. The zero-order valence-electron chi connectivity index (χ0n) is 11.6. The SMILES string of the molecule is CC(C)(C)OC(=O)NCCCCn1cnc(C#N)c1. The Labute approximate surface area is 113 Å². The Morgan fingerprint density at radius 1 is 1.53 bits per heavy atom. The topological polar surface area (TPSA) is 79.9 Å². The van der Waals surface area contributed by atoms with Crippen LogP contribution in [0.5, 0.6) is 0 Å². The second-order valence-corrected chi connectivity index (χ2v) is 5.24. The van der Waals surface area contributed by atoms with Gasteiger partial charge in [-0.15, -0.1) is 0 Å². The van der Waals surface area contributed by atoms with Gasteiger partial charge in [-0.3, -0.25) is 0 Å². The van der Waals surface area contributed by atoms with Crippen LogP contribution in [0.1, 0.15) is 39.3 Å². The molecule has 0 atom stereocenters. The van der Waals surface area contributed by atoms with Gasteiger partial charge in [0.05, 0.1) is 6.33 Å². The molecule has 0 aliphatic heterocycles.